The molecule has 0 unspecified atom stereocenters. The van der Waals surface area contributed by atoms with Crippen LogP contribution in [0.15, 0.2) is 36.5 Å². The van der Waals surface area contributed by atoms with Crippen molar-refractivity contribution in [1.82, 2.24) is 9.88 Å². The number of amides is 1. The van der Waals surface area contributed by atoms with E-state index in [1.165, 1.54) is 12.3 Å². The first-order valence-corrected chi connectivity index (χ1v) is 8.56. The third-order valence-corrected chi connectivity index (χ3v) is 4.45. The number of hydrogen-bond donors (Lipinski definition) is 0. The molecule has 0 fully saturated rings. The highest BCUT2D eigenvalue weighted by Gasteiger charge is 2.29. The van der Waals surface area contributed by atoms with E-state index in [4.69, 9.17) is 11.6 Å². The van der Waals surface area contributed by atoms with Crippen molar-refractivity contribution in [3.05, 3.63) is 52.7 Å². The molecule has 1 aliphatic heterocycles. The van der Waals surface area contributed by atoms with Gasteiger partial charge in [-0.3, -0.25) is 4.79 Å². The Balaban J connectivity index is 1.77. The van der Waals surface area contributed by atoms with E-state index in [9.17, 15) is 18.0 Å². The van der Waals surface area contributed by atoms with Gasteiger partial charge in [0.05, 0.1) is 5.56 Å². The molecule has 144 valence electrons. The number of hydrogen-bond acceptors (Lipinski definition) is 4. The van der Waals surface area contributed by atoms with Gasteiger partial charge in [-0.25, -0.2) is 4.98 Å². The van der Waals surface area contributed by atoms with Crippen LogP contribution >= 0.6 is 11.6 Å². The molecule has 0 radical (unpaired) electrons. The van der Waals surface area contributed by atoms with Gasteiger partial charge in [0.15, 0.2) is 6.61 Å². The number of pyridine rings is 1. The Morgan fingerprint density at radius 3 is 2.74 bits per heavy atom. The van der Waals surface area contributed by atoms with Gasteiger partial charge in [0.2, 0.25) is 5.88 Å². The van der Waals surface area contributed by atoms with E-state index in [-0.39, 0.29) is 22.4 Å². The minimum Gasteiger partial charge on any atom is -0.467 e. The summed E-state index contributed by atoms with van der Waals surface area (Å²) in [6.07, 6.45) is -3.31. The van der Waals surface area contributed by atoms with Gasteiger partial charge in [-0.05, 0) is 17.7 Å². The Hall–Kier alpha value is -2.48. The predicted octanol–water partition coefficient (Wildman–Crippen LogP) is 3.77. The predicted molar refractivity (Wildman–Crippen MR) is 95.2 cm³/mol. The molecule has 0 aliphatic carbocycles. The molecule has 1 amide bonds. The van der Waals surface area contributed by atoms with Gasteiger partial charge in [0, 0.05) is 38.6 Å². The van der Waals surface area contributed by atoms with Crippen LogP contribution in [0, 0.1) is 0 Å². The number of rotatable bonds is 3. The van der Waals surface area contributed by atoms with Crippen molar-refractivity contribution >= 4 is 23.2 Å². The van der Waals surface area contributed by atoms with E-state index in [0.717, 1.165) is 11.3 Å². The Morgan fingerprint density at radius 1 is 1.30 bits per heavy atom. The van der Waals surface area contributed by atoms with Gasteiger partial charge in [-0.2, -0.15) is 13.2 Å². The Labute approximate surface area is 159 Å². The molecule has 0 saturated heterocycles. The van der Waals surface area contributed by atoms with Gasteiger partial charge in [-0.1, -0.05) is 29.8 Å². The average Bonchev–Trinajstić information content (AvgIpc) is 2.79. The number of fused-ring (bicyclic) bond motifs is 1. The number of alkyl halides is 3. The second-order valence-electron chi connectivity index (χ2n) is 6.19. The molecule has 0 N–H and O–H groups in total. The number of aromatic nitrogens is 1. The number of nitrogens with zero attached hydrogens (tertiary/aromatic N) is 3. The van der Waals surface area contributed by atoms with Crippen molar-refractivity contribution in [1.29, 1.82) is 0 Å². The molecule has 1 aromatic heterocycles. The van der Waals surface area contributed by atoms with E-state index >= 15 is 0 Å². The number of halogens is 4. The van der Waals surface area contributed by atoms with Crippen LogP contribution in [-0.4, -0.2) is 48.7 Å². The van der Waals surface area contributed by atoms with Crippen molar-refractivity contribution in [2.45, 2.75) is 12.7 Å². The SMILES string of the molecule is CN1CCN(C(=O)c2cnc(OCC(F)(F)F)c(Cl)c2)Cc2ccccc21. The lowest BCUT2D eigenvalue weighted by molar-refractivity contribution is -0.154. The molecule has 27 heavy (non-hydrogen) atoms. The molecule has 5 nitrogen and oxygen atoms in total. The van der Waals surface area contributed by atoms with Gasteiger partial charge in [0.25, 0.3) is 5.91 Å². The summed E-state index contributed by atoms with van der Waals surface area (Å²) in [6, 6.07) is 9.08. The van der Waals surface area contributed by atoms with Crippen molar-refractivity contribution in [3.63, 3.8) is 0 Å². The van der Waals surface area contributed by atoms with E-state index in [1.54, 1.807) is 4.90 Å². The summed E-state index contributed by atoms with van der Waals surface area (Å²) < 4.78 is 41.3. The molecule has 0 bridgehead atoms. The molecule has 0 atom stereocenters. The van der Waals surface area contributed by atoms with E-state index in [0.29, 0.717) is 19.6 Å². The number of anilines is 1. The average molecular weight is 400 g/mol. The molecule has 0 saturated carbocycles. The monoisotopic (exact) mass is 399 g/mol. The highest BCUT2D eigenvalue weighted by Crippen LogP contribution is 2.27. The number of para-hydroxylation sites is 1. The van der Waals surface area contributed by atoms with Crippen LogP contribution in [-0.2, 0) is 6.54 Å². The second kappa shape index (κ2) is 7.64. The topological polar surface area (TPSA) is 45.7 Å². The van der Waals surface area contributed by atoms with Crippen LogP contribution in [0.4, 0.5) is 18.9 Å². The van der Waals surface area contributed by atoms with Crippen LogP contribution in [0.25, 0.3) is 0 Å². The Kier molecular flexibility index (Phi) is 5.46. The van der Waals surface area contributed by atoms with Crippen LogP contribution < -0.4 is 9.64 Å². The van der Waals surface area contributed by atoms with Crippen LogP contribution in [0.2, 0.25) is 5.02 Å². The molecule has 1 aromatic carbocycles. The fraction of sp³-hybridized carbons (Fsp3) is 0.333. The summed E-state index contributed by atoms with van der Waals surface area (Å²) >= 11 is 5.94. The molecule has 9 heteroatoms. The third kappa shape index (κ3) is 4.63. The lowest BCUT2D eigenvalue weighted by Crippen LogP contribution is -2.34. The first-order chi connectivity index (χ1) is 12.7. The lowest BCUT2D eigenvalue weighted by Gasteiger charge is -2.21. The molecule has 2 heterocycles. The highest BCUT2D eigenvalue weighted by atomic mass is 35.5. The molecule has 3 rings (SSSR count). The maximum atomic E-state index is 12.8. The fourth-order valence-corrected chi connectivity index (χ4v) is 3.07. The summed E-state index contributed by atoms with van der Waals surface area (Å²) in [5.41, 5.74) is 2.26. The fourth-order valence-electron chi connectivity index (χ4n) is 2.85. The summed E-state index contributed by atoms with van der Waals surface area (Å²) in [6.45, 7) is 0.0657. The largest absolute Gasteiger partial charge is 0.467 e. The quantitative estimate of drug-likeness (QED) is 0.788. The summed E-state index contributed by atoms with van der Waals surface area (Å²) in [4.78, 5) is 20.3. The first-order valence-electron chi connectivity index (χ1n) is 8.18. The van der Waals surface area contributed by atoms with Crippen LogP contribution in [0.5, 0.6) is 5.88 Å². The van der Waals surface area contributed by atoms with Crippen LogP contribution in [0.1, 0.15) is 15.9 Å². The van der Waals surface area contributed by atoms with Crippen LogP contribution in [0.3, 0.4) is 0 Å². The molecule has 2 aromatic rings. The zero-order valence-corrected chi connectivity index (χ0v) is 15.2. The van der Waals surface area contributed by atoms with Crippen molar-refractivity contribution in [2.24, 2.45) is 0 Å². The van der Waals surface area contributed by atoms with E-state index < -0.39 is 12.8 Å². The van der Waals surface area contributed by atoms with E-state index in [1.807, 2.05) is 31.3 Å². The normalized spacial score (nSPS) is 14.6. The van der Waals surface area contributed by atoms with Crippen molar-refractivity contribution < 1.29 is 22.7 Å². The maximum Gasteiger partial charge on any atom is 0.422 e. The minimum atomic E-state index is -4.50. The van der Waals surface area contributed by atoms with Crippen molar-refractivity contribution in [3.8, 4) is 5.88 Å². The smallest absolute Gasteiger partial charge is 0.422 e. The van der Waals surface area contributed by atoms with E-state index in [2.05, 4.69) is 14.6 Å². The number of benzene rings is 1. The van der Waals surface area contributed by atoms with Crippen molar-refractivity contribution in [2.75, 3.05) is 31.6 Å². The summed E-state index contributed by atoms with van der Waals surface area (Å²) in [5.74, 6) is -0.650. The molecular weight excluding hydrogens is 383 g/mol. The zero-order valence-electron chi connectivity index (χ0n) is 14.5. The number of carbonyl (C=O) groups excluding carboxylic acids is 1. The third-order valence-electron chi connectivity index (χ3n) is 4.18. The van der Waals surface area contributed by atoms with Gasteiger partial charge in [0.1, 0.15) is 5.02 Å². The molecular formula is C18H17ClF3N3O2. The summed E-state index contributed by atoms with van der Waals surface area (Å²) in [7, 11) is 1.96. The highest BCUT2D eigenvalue weighted by molar-refractivity contribution is 6.32. The molecule has 0 spiro atoms. The Morgan fingerprint density at radius 2 is 2.04 bits per heavy atom. The lowest BCUT2D eigenvalue weighted by atomic mass is 10.1. The number of ether oxygens (including phenoxy) is 1. The van der Waals surface area contributed by atoms with Gasteiger partial charge >= 0.3 is 6.18 Å². The molecule has 1 aliphatic rings. The van der Waals surface area contributed by atoms with Gasteiger partial charge < -0.3 is 14.5 Å². The maximum absolute atomic E-state index is 12.8. The zero-order chi connectivity index (χ0) is 19.6. The first kappa shape index (κ1) is 19.3. The Bertz CT molecular complexity index is 845. The second-order valence-corrected chi connectivity index (χ2v) is 6.60. The number of likely N-dealkylation sites (N-methyl/N-ethyl adjacent to an activating group) is 1. The summed E-state index contributed by atoms with van der Waals surface area (Å²) in [5, 5.41) is -0.141. The minimum absolute atomic E-state index is 0.141. The standard InChI is InChI=1S/C18H17ClF3N3O2/c1-24-6-7-25(10-12-4-2-3-5-15(12)24)17(26)13-8-14(19)16(23-9-13)27-11-18(20,21)22/h2-5,8-9H,6-7,10-11H2,1H3. The number of carbonyl (C=O) groups is 1. The van der Waals surface area contributed by atoms with Gasteiger partial charge in [-0.15, -0.1) is 0 Å².